The number of hydrogen-bond donors (Lipinski definition) is 1. The van der Waals surface area contributed by atoms with Crippen molar-refractivity contribution in [2.75, 3.05) is 0 Å². The molecule has 0 aliphatic heterocycles. The lowest BCUT2D eigenvalue weighted by molar-refractivity contribution is 0.111. The van der Waals surface area contributed by atoms with Gasteiger partial charge in [-0.05, 0) is 6.07 Å². The van der Waals surface area contributed by atoms with Crippen LogP contribution in [0.3, 0.4) is 0 Å². The molecule has 0 unspecified atom stereocenters. The molecule has 0 saturated heterocycles. The van der Waals surface area contributed by atoms with Gasteiger partial charge in [-0.2, -0.15) is 0 Å². The van der Waals surface area contributed by atoms with Gasteiger partial charge in [-0.15, -0.1) is 0 Å². The lowest BCUT2D eigenvalue weighted by Gasteiger charge is -1.76. The second-order valence-corrected chi connectivity index (χ2v) is 2.29. The monoisotopic (exact) mass is 163 g/mol. The Hall–Kier alpha value is -0.470. The molecule has 9 heavy (non-hydrogen) atoms. The Morgan fingerprint density at radius 3 is 2.44 bits per heavy atom. The quantitative estimate of drug-likeness (QED) is 0.633. The standard InChI is InChI=1S/C5H3Cl2NO/c6-4-1-3(2-9)8-5(4)7/h1-2,8H. The fraction of sp³-hybridized carbons (Fsp3) is 0. The maximum absolute atomic E-state index is 10.0. The molecule has 0 saturated carbocycles. The van der Waals surface area contributed by atoms with Crippen molar-refractivity contribution in [1.29, 1.82) is 0 Å². The summed E-state index contributed by atoms with van der Waals surface area (Å²) < 4.78 is 0. The van der Waals surface area contributed by atoms with Gasteiger partial charge in [-0.25, -0.2) is 0 Å². The fourth-order valence-corrected chi connectivity index (χ4v) is 0.814. The van der Waals surface area contributed by atoms with Crippen LogP contribution in [0.2, 0.25) is 10.2 Å². The lowest BCUT2D eigenvalue weighted by Crippen LogP contribution is -1.73. The molecule has 4 heteroatoms. The molecule has 0 atom stereocenters. The van der Waals surface area contributed by atoms with E-state index in [1.54, 1.807) is 0 Å². The van der Waals surface area contributed by atoms with E-state index in [4.69, 9.17) is 23.2 Å². The van der Waals surface area contributed by atoms with Crippen LogP contribution in [0.25, 0.3) is 0 Å². The molecule has 0 aromatic carbocycles. The first-order valence-corrected chi connectivity index (χ1v) is 2.99. The lowest BCUT2D eigenvalue weighted by atomic mass is 10.5. The second-order valence-electron chi connectivity index (χ2n) is 1.50. The molecule has 0 spiro atoms. The molecular formula is C5H3Cl2NO. The molecule has 1 N–H and O–H groups in total. The molecule has 1 aromatic heterocycles. The van der Waals surface area contributed by atoms with E-state index in [0.29, 0.717) is 22.2 Å². The van der Waals surface area contributed by atoms with Crippen molar-refractivity contribution in [2.24, 2.45) is 0 Å². The number of aromatic nitrogens is 1. The van der Waals surface area contributed by atoms with Crippen LogP contribution >= 0.6 is 23.2 Å². The van der Waals surface area contributed by atoms with E-state index in [1.165, 1.54) is 6.07 Å². The summed E-state index contributed by atoms with van der Waals surface area (Å²) in [7, 11) is 0. The van der Waals surface area contributed by atoms with E-state index in [0.717, 1.165) is 0 Å². The molecule has 48 valence electrons. The summed E-state index contributed by atoms with van der Waals surface area (Å²) in [6, 6.07) is 1.47. The summed E-state index contributed by atoms with van der Waals surface area (Å²) in [5.41, 5.74) is 0.394. The first-order chi connectivity index (χ1) is 4.24. The molecule has 0 aliphatic rings. The fourth-order valence-electron chi connectivity index (χ4n) is 0.486. The number of aldehydes is 1. The maximum Gasteiger partial charge on any atom is 0.166 e. The molecule has 0 fully saturated rings. The largest absolute Gasteiger partial charge is 0.342 e. The van der Waals surface area contributed by atoms with Crippen molar-refractivity contribution < 1.29 is 4.79 Å². The molecule has 0 aliphatic carbocycles. The number of halogens is 2. The van der Waals surface area contributed by atoms with Crippen LogP contribution in [0.4, 0.5) is 0 Å². The normalized spacial score (nSPS) is 9.56. The Labute approximate surface area is 61.8 Å². The first kappa shape index (κ1) is 6.65. The summed E-state index contributed by atoms with van der Waals surface area (Å²) in [6.45, 7) is 0. The van der Waals surface area contributed by atoms with Crippen molar-refractivity contribution >= 4 is 29.5 Å². The highest BCUT2D eigenvalue weighted by Crippen LogP contribution is 2.20. The third-order valence-corrected chi connectivity index (χ3v) is 1.57. The molecule has 1 rings (SSSR count). The van der Waals surface area contributed by atoms with Gasteiger partial charge in [0, 0.05) is 0 Å². The van der Waals surface area contributed by atoms with Gasteiger partial charge in [0.15, 0.2) is 6.29 Å². The Balaban J connectivity index is 3.11. The molecule has 2 nitrogen and oxygen atoms in total. The van der Waals surface area contributed by atoms with Crippen molar-refractivity contribution in [3.8, 4) is 0 Å². The minimum Gasteiger partial charge on any atom is -0.342 e. The number of rotatable bonds is 1. The average molecular weight is 164 g/mol. The van der Waals surface area contributed by atoms with Crippen LogP contribution < -0.4 is 0 Å². The number of carbonyl (C=O) groups excluding carboxylic acids is 1. The summed E-state index contributed by atoms with van der Waals surface area (Å²) in [5.74, 6) is 0. The molecule has 0 amide bonds. The van der Waals surface area contributed by atoms with Crippen LogP contribution in [0.5, 0.6) is 0 Å². The Bertz CT molecular complexity index is 211. The van der Waals surface area contributed by atoms with Crippen molar-refractivity contribution in [2.45, 2.75) is 0 Å². The minimum absolute atomic E-state index is 0.304. The Kier molecular flexibility index (Phi) is 1.78. The highest BCUT2D eigenvalue weighted by atomic mass is 35.5. The number of nitrogens with one attached hydrogen (secondary N) is 1. The van der Waals surface area contributed by atoms with E-state index < -0.39 is 0 Å². The van der Waals surface area contributed by atoms with Crippen LogP contribution in [0, 0.1) is 0 Å². The van der Waals surface area contributed by atoms with Crippen LogP contribution in [0.1, 0.15) is 10.5 Å². The van der Waals surface area contributed by atoms with E-state index in [-0.39, 0.29) is 0 Å². The van der Waals surface area contributed by atoms with Crippen molar-refractivity contribution in [3.05, 3.63) is 21.9 Å². The highest BCUT2D eigenvalue weighted by molar-refractivity contribution is 6.41. The van der Waals surface area contributed by atoms with Gasteiger partial charge in [0.1, 0.15) is 5.15 Å². The van der Waals surface area contributed by atoms with E-state index in [1.807, 2.05) is 0 Å². The zero-order valence-electron chi connectivity index (χ0n) is 4.32. The van der Waals surface area contributed by atoms with E-state index >= 15 is 0 Å². The summed E-state index contributed by atoms with van der Waals surface area (Å²) in [6.07, 6.45) is 0.651. The third-order valence-electron chi connectivity index (χ3n) is 0.873. The van der Waals surface area contributed by atoms with Crippen LogP contribution in [-0.2, 0) is 0 Å². The van der Waals surface area contributed by atoms with Gasteiger partial charge < -0.3 is 4.98 Å². The predicted octanol–water partition coefficient (Wildman–Crippen LogP) is 2.13. The van der Waals surface area contributed by atoms with Crippen LogP contribution in [-0.4, -0.2) is 11.3 Å². The molecule has 0 radical (unpaired) electrons. The van der Waals surface area contributed by atoms with Gasteiger partial charge >= 0.3 is 0 Å². The van der Waals surface area contributed by atoms with Crippen molar-refractivity contribution in [3.63, 3.8) is 0 Å². The Morgan fingerprint density at radius 2 is 2.22 bits per heavy atom. The average Bonchev–Trinajstić information content (AvgIpc) is 2.13. The predicted molar refractivity (Wildman–Crippen MR) is 36.2 cm³/mol. The number of hydrogen-bond acceptors (Lipinski definition) is 1. The van der Waals surface area contributed by atoms with Crippen LogP contribution in [0.15, 0.2) is 6.07 Å². The molecule has 0 bridgehead atoms. The van der Waals surface area contributed by atoms with Gasteiger partial charge in [-0.3, -0.25) is 4.79 Å². The smallest absolute Gasteiger partial charge is 0.166 e. The maximum atomic E-state index is 10.0. The molecule has 1 heterocycles. The van der Waals surface area contributed by atoms with Gasteiger partial charge in [0.2, 0.25) is 0 Å². The van der Waals surface area contributed by atoms with Gasteiger partial charge in [0.05, 0.1) is 10.7 Å². The summed E-state index contributed by atoms with van der Waals surface area (Å²) in [5, 5.41) is 0.678. The number of carbonyl (C=O) groups is 1. The zero-order chi connectivity index (χ0) is 6.85. The molecular weight excluding hydrogens is 161 g/mol. The number of H-pyrrole nitrogens is 1. The minimum atomic E-state index is 0.304. The topological polar surface area (TPSA) is 32.9 Å². The number of aromatic amines is 1. The van der Waals surface area contributed by atoms with E-state index in [9.17, 15) is 4.79 Å². The zero-order valence-corrected chi connectivity index (χ0v) is 5.83. The summed E-state index contributed by atoms with van der Waals surface area (Å²) in [4.78, 5) is 12.6. The van der Waals surface area contributed by atoms with E-state index in [2.05, 4.69) is 4.98 Å². The first-order valence-electron chi connectivity index (χ1n) is 2.23. The SMILES string of the molecule is O=Cc1cc(Cl)c(Cl)[nH]1. The Morgan fingerprint density at radius 1 is 1.56 bits per heavy atom. The second kappa shape index (κ2) is 2.42. The summed E-state index contributed by atoms with van der Waals surface area (Å²) >= 11 is 10.9. The third kappa shape index (κ3) is 1.26. The van der Waals surface area contributed by atoms with Gasteiger partial charge in [0.25, 0.3) is 0 Å². The van der Waals surface area contributed by atoms with Gasteiger partial charge in [-0.1, -0.05) is 23.2 Å². The molecule has 1 aromatic rings. The highest BCUT2D eigenvalue weighted by Gasteiger charge is 2.00. The van der Waals surface area contributed by atoms with Crippen molar-refractivity contribution in [1.82, 2.24) is 4.98 Å².